The first-order valence-electron chi connectivity index (χ1n) is 47.5. The fraction of sp³-hybridized carbons (Fsp3) is 0.0149. The zero-order chi connectivity index (χ0) is 91.5. The second kappa shape index (κ2) is 34.9. The molecule has 2 heterocycles. The van der Waals surface area contributed by atoms with Crippen LogP contribution in [0.25, 0.3) is 155 Å². The highest BCUT2D eigenvalue weighted by atomic mass is 16.3. The van der Waals surface area contributed by atoms with E-state index in [9.17, 15) is 0 Å². The van der Waals surface area contributed by atoms with Crippen LogP contribution in [0.4, 0.5) is 34.1 Å². The first-order valence-corrected chi connectivity index (χ1v) is 47.5. The maximum Gasteiger partial charge on any atom is 0.136 e. The molecular formula is C134H90N2O2. The standard InChI is InChI=1S/2C67H45NO/c1-4-20-46(21-5-1)47-38-40-48(41-39-47)54-28-11-15-35-62(54)68(63-36-16-12-29-55(63)50-42-43-58-57-30-13-17-37-64(57)69-65(58)45-50)53-27-18-22-49(44-53)56-32-19-34-61-66(56)59-31-10-14-33-60(59)67(61,51-23-6-2-7-24-51)52-25-8-3-9-26-52;1-4-19-46(20-5-1)47-37-39-48(40-38-47)49-21-16-27-54(43-49)68(63-35-14-11-29-56(63)51-41-42-59-58-30-12-15-36-64(58)69-65(59)45-51)55-28-17-22-50(44-55)57-32-18-34-62-66(57)60-31-10-13-33-61(60)67(62,52-23-6-2-7-24-52)53-25-8-3-9-26-53/h2*1-45H. The number of rotatable bonds is 18. The normalized spacial score (nSPS) is 12.5. The zero-order valence-corrected chi connectivity index (χ0v) is 75.7. The van der Waals surface area contributed by atoms with E-state index in [1.165, 1.54) is 100 Å². The molecule has 0 atom stereocenters. The highest BCUT2D eigenvalue weighted by Crippen LogP contribution is 2.62. The fourth-order valence-electron chi connectivity index (χ4n) is 22.2. The van der Waals surface area contributed by atoms with Crippen LogP contribution in [-0.4, -0.2) is 0 Å². The van der Waals surface area contributed by atoms with Crippen molar-refractivity contribution in [3.05, 3.63) is 590 Å². The summed E-state index contributed by atoms with van der Waals surface area (Å²) in [5.74, 6) is 0. The number of hydrogen-bond acceptors (Lipinski definition) is 4. The number of para-hydroxylation sites is 5. The molecule has 2 aliphatic carbocycles. The molecule has 4 heteroatoms. The maximum absolute atomic E-state index is 6.49. The minimum atomic E-state index is -0.497. The van der Waals surface area contributed by atoms with E-state index >= 15 is 0 Å². The lowest BCUT2D eigenvalue weighted by Crippen LogP contribution is -2.28. The van der Waals surface area contributed by atoms with Crippen molar-refractivity contribution in [3.63, 3.8) is 0 Å². The Labute approximate surface area is 803 Å². The lowest BCUT2D eigenvalue weighted by Gasteiger charge is -2.34. The minimum Gasteiger partial charge on any atom is -0.456 e. The molecule has 0 amide bonds. The molecule has 138 heavy (non-hydrogen) atoms. The van der Waals surface area contributed by atoms with E-state index in [-0.39, 0.29) is 0 Å². The van der Waals surface area contributed by atoms with Crippen molar-refractivity contribution >= 4 is 78.0 Å². The predicted octanol–water partition coefficient (Wildman–Crippen LogP) is 36.2. The molecule has 0 N–H and O–H groups in total. The van der Waals surface area contributed by atoms with Crippen molar-refractivity contribution in [1.29, 1.82) is 0 Å². The smallest absolute Gasteiger partial charge is 0.136 e. The molecule has 0 bridgehead atoms. The van der Waals surface area contributed by atoms with Gasteiger partial charge in [-0.3, -0.25) is 0 Å². The Morgan fingerprint density at radius 3 is 0.812 bits per heavy atom. The largest absolute Gasteiger partial charge is 0.456 e. The minimum absolute atomic E-state index is 0.492. The third-order valence-corrected chi connectivity index (χ3v) is 28.3. The molecule has 22 aromatic carbocycles. The molecule has 4 nitrogen and oxygen atoms in total. The van der Waals surface area contributed by atoms with E-state index in [1.807, 2.05) is 24.3 Å². The lowest BCUT2D eigenvalue weighted by molar-refractivity contribution is 0.668. The van der Waals surface area contributed by atoms with Gasteiger partial charge >= 0.3 is 0 Å². The van der Waals surface area contributed by atoms with Gasteiger partial charge < -0.3 is 18.6 Å². The van der Waals surface area contributed by atoms with Gasteiger partial charge in [-0.25, -0.2) is 0 Å². The summed E-state index contributed by atoms with van der Waals surface area (Å²) in [5, 5.41) is 4.47. The summed E-state index contributed by atoms with van der Waals surface area (Å²) in [5.41, 5.74) is 42.6. The Hall–Kier alpha value is -18.0. The number of benzene rings is 22. The van der Waals surface area contributed by atoms with Crippen LogP contribution in [0.1, 0.15) is 44.5 Å². The summed E-state index contributed by atoms with van der Waals surface area (Å²) >= 11 is 0. The molecule has 26 rings (SSSR count). The van der Waals surface area contributed by atoms with Crippen LogP contribution in [0.5, 0.6) is 0 Å². The monoisotopic (exact) mass is 1760 g/mol. The summed E-state index contributed by atoms with van der Waals surface area (Å²) in [4.78, 5) is 4.89. The molecule has 0 unspecified atom stereocenters. The maximum atomic E-state index is 6.49. The average Bonchev–Trinajstić information content (AvgIpc) is 1.53. The summed E-state index contributed by atoms with van der Waals surface area (Å²) in [7, 11) is 0. The summed E-state index contributed by atoms with van der Waals surface area (Å²) < 4.78 is 13.0. The van der Waals surface area contributed by atoms with Crippen molar-refractivity contribution in [2.45, 2.75) is 10.8 Å². The van der Waals surface area contributed by atoms with Gasteiger partial charge in [0.15, 0.2) is 0 Å². The van der Waals surface area contributed by atoms with Gasteiger partial charge in [-0.1, -0.05) is 455 Å². The second-order valence-corrected chi connectivity index (χ2v) is 35.9. The number of nitrogens with zero attached hydrogens (tertiary/aromatic N) is 2. The molecular weight excluding hydrogens is 1670 g/mol. The van der Waals surface area contributed by atoms with Gasteiger partial charge in [-0.05, 0) is 230 Å². The quantitative estimate of drug-likeness (QED) is 0.0857. The summed E-state index contributed by atoms with van der Waals surface area (Å²) in [6.07, 6.45) is 0. The van der Waals surface area contributed by atoms with Crippen LogP contribution in [-0.2, 0) is 10.8 Å². The van der Waals surface area contributed by atoms with Crippen molar-refractivity contribution in [3.8, 4) is 111 Å². The molecule has 0 aliphatic heterocycles. The van der Waals surface area contributed by atoms with Crippen LogP contribution < -0.4 is 9.80 Å². The van der Waals surface area contributed by atoms with Gasteiger partial charge in [-0.15, -0.1) is 0 Å². The highest BCUT2D eigenvalue weighted by Gasteiger charge is 2.49. The molecule has 0 spiro atoms. The van der Waals surface area contributed by atoms with E-state index in [0.29, 0.717) is 0 Å². The summed E-state index contributed by atoms with van der Waals surface area (Å²) in [6.45, 7) is 0. The lowest BCUT2D eigenvalue weighted by atomic mass is 9.67. The molecule has 0 saturated heterocycles. The van der Waals surface area contributed by atoms with Crippen LogP contribution in [0.3, 0.4) is 0 Å². The van der Waals surface area contributed by atoms with Gasteiger partial charge in [0, 0.05) is 55.3 Å². The van der Waals surface area contributed by atoms with Gasteiger partial charge in [0.1, 0.15) is 22.3 Å². The van der Waals surface area contributed by atoms with E-state index in [0.717, 1.165) is 134 Å². The van der Waals surface area contributed by atoms with Crippen molar-refractivity contribution in [2.75, 3.05) is 9.80 Å². The topological polar surface area (TPSA) is 32.8 Å². The molecule has 648 valence electrons. The van der Waals surface area contributed by atoms with Crippen LogP contribution >= 0.6 is 0 Å². The molecule has 0 fully saturated rings. The van der Waals surface area contributed by atoms with Crippen molar-refractivity contribution < 1.29 is 8.83 Å². The molecule has 0 radical (unpaired) electrons. The summed E-state index contributed by atoms with van der Waals surface area (Å²) in [6, 6.07) is 199. The zero-order valence-electron chi connectivity index (χ0n) is 75.7. The van der Waals surface area contributed by atoms with Gasteiger partial charge in [0.25, 0.3) is 0 Å². The van der Waals surface area contributed by atoms with E-state index in [1.54, 1.807) is 0 Å². The van der Waals surface area contributed by atoms with Gasteiger partial charge in [0.05, 0.1) is 27.9 Å². The van der Waals surface area contributed by atoms with E-state index < -0.39 is 10.8 Å². The number of anilines is 6. The van der Waals surface area contributed by atoms with E-state index in [4.69, 9.17) is 8.83 Å². The van der Waals surface area contributed by atoms with Crippen LogP contribution in [0.15, 0.2) is 555 Å². The van der Waals surface area contributed by atoms with Crippen molar-refractivity contribution in [2.24, 2.45) is 0 Å². The first-order chi connectivity index (χ1) is 68.5. The second-order valence-electron chi connectivity index (χ2n) is 35.9. The Bertz CT molecular complexity index is 8600. The Morgan fingerprint density at radius 2 is 0.399 bits per heavy atom. The molecule has 0 saturated carbocycles. The predicted molar refractivity (Wildman–Crippen MR) is 575 cm³/mol. The van der Waals surface area contributed by atoms with Crippen molar-refractivity contribution in [1.82, 2.24) is 0 Å². The molecule has 24 aromatic rings. The van der Waals surface area contributed by atoms with Crippen LogP contribution in [0, 0.1) is 0 Å². The molecule has 2 aromatic heterocycles. The Morgan fingerprint density at radius 1 is 0.145 bits per heavy atom. The SMILES string of the molecule is c1ccc(-c2ccc(-c3cccc(N(c4cccc(-c5cccc6c5-c5ccccc5C6(c5ccccc5)c5ccccc5)c4)c4ccccc4-c4ccc5c(c4)oc4ccccc45)c3)cc2)cc1.c1ccc(-c2ccc(-c3ccccc3N(c3cccc(-c4cccc5c4-c4ccccc4C5(c4ccccc4)c4ccccc4)c3)c3ccccc3-c3ccc4c(c3)oc3ccccc34)cc2)cc1. The van der Waals surface area contributed by atoms with Gasteiger partial charge in [-0.2, -0.15) is 0 Å². The first kappa shape index (κ1) is 82.0. The average molecular weight is 1760 g/mol. The third-order valence-electron chi connectivity index (χ3n) is 28.3. The Balaban J connectivity index is 0.000000146. The third kappa shape index (κ3) is 14.1. The molecule has 2 aliphatic rings. The number of hydrogen-bond donors (Lipinski definition) is 0. The number of furan rings is 2. The van der Waals surface area contributed by atoms with Crippen LogP contribution in [0.2, 0.25) is 0 Å². The van der Waals surface area contributed by atoms with Gasteiger partial charge in [0.2, 0.25) is 0 Å². The highest BCUT2D eigenvalue weighted by molar-refractivity contribution is 6.09. The number of fused-ring (bicyclic) bond motifs is 12. The fourth-order valence-corrected chi connectivity index (χ4v) is 22.2. The van der Waals surface area contributed by atoms with E-state index in [2.05, 4.69) is 532 Å². The Kier molecular flexibility index (Phi) is 20.7.